The van der Waals surface area contributed by atoms with Crippen molar-refractivity contribution in [1.29, 1.82) is 0 Å². The molecule has 35 heavy (non-hydrogen) atoms. The van der Waals surface area contributed by atoms with Gasteiger partial charge in [-0.2, -0.15) is 0 Å². The van der Waals surface area contributed by atoms with Crippen molar-refractivity contribution in [2.75, 3.05) is 7.11 Å². The highest BCUT2D eigenvalue weighted by molar-refractivity contribution is 6.02. The number of carbonyl (C=O) groups excluding carboxylic acids is 2. The van der Waals surface area contributed by atoms with Crippen molar-refractivity contribution in [3.8, 4) is 5.75 Å². The molecule has 0 heterocycles. The fourth-order valence-electron chi connectivity index (χ4n) is 6.14. The van der Waals surface area contributed by atoms with Gasteiger partial charge in [0, 0.05) is 28.9 Å². The summed E-state index contributed by atoms with van der Waals surface area (Å²) < 4.78 is 5.40. The Hall–Kier alpha value is -3.20. The van der Waals surface area contributed by atoms with Crippen molar-refractivity contribution in [2.45, 2.75) is 47.0 Å². The maximum absolute atomic E-state index is 14.2. The number of Topliss-reactive ketones (excluding diaryl/α,β-unsaturated/α-hetero) is 2. The fourth-order valence-corrected chi connectivity index (χ4v) is 6.14. The monoisotopic (exact) mass is 468 g/mol. The zero-order chi connectivity index (χ0) is 25.3. The Kier molecular flexibility index (Phi) is 7.25. The van der Waals surface area contributed by atoms with Crippen LogP contribution in [-0.2, 0) is 0 Å². The predicted octanol–water partition coefficient (Wildman–Crippen LogP) is 7.38. The van der Waals surface area contributed by atoms with Gasteiger partial charge in [0.2, 0.25) is 0 Å². The molecule has 3 nitrogen and oxygen atoms in total. The summed E-state index contributed by atoms with van der Waals surface area (Å²) >= 11 is 0. The minimum atomic E-state index is -0.294. The summed E-state index contributed by atoms with van der Waals surface area (Å²) in [6, 6.07) is 21.6. The molecule has 0 amide bonds. The van der Waals surface area contributed by atoms with Gasteiger partial charge in [-0.1, -0.05) is 67.9 Å². The SMILES string of the molecule is COc1cccc(C(=O)[C@@H]2[C@@H](c3cccc(C)c3C)[C@H](C(=O)c3cccc(C)c3)[C@@H](C)C[C@H]2C)c1. The van der Waals surface area contributed by atoms with E-state index in [-0.39, 0.29) is 41.2 Å². The molecular weight excluding hydrogens is 432 g/mol. The van der Waals surface area contributed by atoms with Crippen LogP contribution in [0.25, 0.3) is 0 Å². The molecule has 0 aromatic heterocycles. The van der Waals surface area contributed by atoms with Crippen molar-refractivity contribution in [3.63, 3.8) is 0 Å². The second kappa shape index (κ2) is 10.2. The van der Waals surface area contributed by atoms with E-state index in [1.807, 2.05) is 55.5 Å². The first-order valence-corrected chi connectivity index (χ1v) is 12.6. The summed E-state index contributed by atoms with van der Waals surface area (Å²) in [5.74, 6) is 0.459. The van der Waals surface area contributed by atoms with E-state index in [0.717, 1.165) is 23.1 Å². The second-order valence-corrected chi connectivity index (χ2v) is 10.4. The summed E-state index contributed by atoms with van der Waals surface area (Å²) in [6.45, 7) is 10.6. The average Bonchev–Trinajstić information content (AvgIpc) is 2.84. The van der Waals surface area contributed by atoms with Crippen LogP contribution in [0.1, 0.15) is 69.2 Å². The first-order valence-electron chi connectivity index (χ1n) is 12.6. The Morgan fingerprint density at radius 2 is 1.34 bits per heavy atom. The first-order chi connectivity index (χ1) is 16.7. The Balaban J connectivity index is 1.89. The number of carbonyl (C=O) groups is 2. The van der Waals surface area contributed by atoms with Crippen molar-refractivity contribution >= 4 is 11.6 Å². The van der Waals surface area contributed by atoms with Crippen molar-refractivity contribution in [1.82, 2.24) is 0 Å². The lowest BCUT2D eigenvalue weighted by Gasteiger charge is -2.45. The number of ether oxygens (including phenoxy) is 1. The van der Waals surface area contributed by atoms with Gasteiger partial charge >= 0.3 is 0 Å². The van der Waals surface area contributed by atoms with Crippen molar-refractivity contribution in [3.05, 3.63) is 100 Å². The van der Waals surface area contributed by atoms with Crippen LogP contribution >= 0.6 is 0 Å². The fraction of sp³-hybridized carbons (Fsp3) is 0.375. The van der Waals surface area contributed by atoms with Crippen LogP contribution < -0.4 is 4.74 Å². The molecule has 1 aliphatic carbocycles. The molecule has 4 rings (SSSR count). The van der Waals surface area contributed by atoms with Gasteiger partial charge in [0.15, 0.2) is 11.6 Å². The number of aryl methyl sites for hydroxylation is 2. The van der Waals surface area contributed by atoms with Gasteiger partial charge in [-0.15, -0.1) is 0 Å². The largest absolute Gasteiger partial charge is 0.497 e. The van der Waals surface area contributed by atoms with Crippen LogP contribution in [-0.4, -0.2) is 18.7 Å². The molecule has 0 aliphatic heterocycles. The predicted molar refractivity (Wildman–Crippen MR) is 141 cm³/mol. The third kappa shape index (κ3) is 4.82. The molecular formula is C32H36O3. The van der Waals surface area contributed by atoms with E-state index in [1.165, 1.54) is 11.1 Å². The number of ketones is 2. The summed E-state index contributed by atoms with van der Waals surface area (Å²) in [6.07, 6.45) is 0.837. The topological polar surface area (TPSA) is 43.4 Å². The van der Waals surface area contributed by atoms with Crippen LogP contribution in [0.3, 0.4) is 0 Å². The highest BCUT2D eigenvalue weighted by atomic mass is 16.5. The first kappa shape index (κ1) is 24.9. The lowest BCUT2D eigenvalue weighted by atomic mass is 9.57. The highest BCUT2D eigenvalue weighted by Gasteiger charge is 2.49. The van der Waals surface area contributed by atoms with Crippen LogP contribution in [0.4, 0.5) is 0 Å². The summed E-state index contributed by atoms with van der Waals surface area (Å²) in [5.41, 5.74) is 5.93. The van der Waals surface area contributed by atoms with E-state index < -0.39 is 0 Å². The Morgan fingerprint density at radius 1 is 0.771 bits per heavy atom. The highest BCUT2D eigenvalue weighted by Crippen LogP contribution is 2.51. The number of rotatable bonds is 6. The molecule has 1 aliphatic rings. The van der Waals surface area contributed by atoms with E-state index in [4.69, 9.17) is 4.74 Å². The van der Waals surface area contributed by atoms with Gasteiger partial charge < -0.3 is 4.74 Å². The van der Waals surface area contributed by atoms with Gasteiger partial charge in [0.05, 0.1) is 7.11 Å². The zero-order valence-electron chi connectivity index (χ0n) is 21.7. The standard InChI is InChI=1S/C32H36O3/c1-19-10-7-12-24(16-19)31(33)28-21(3)17-22(4)29(30(28)27-15-8-11-20(2)23(27)5)32(34)25-13-9-14-26(18-25)35-6/h7-16,18,21-22,28-30H,17H2,1-6H3/t21-,22+,28+,29-,30-/m0/s1. The molecule has 0 N–H and O–H groups in total. The van der Waals surface area contributed by atoms with Crippen molar-refractivity contribution in [2.24, 2.45) is 23.7 Å². The number of methoxy groups -OCH3 is 1. The molecule has 0 saturated heterocycles. The molecule has 0 bridgehead atoms. The van der Waals surface area contributed by atoms with Gasteiger partial charge in [-0.05, 0) is 73.9 Å². The number of benzene rings is 3. The Labute approximate surface area is 209 Å². The molecule has 0 radical (unpaired) electrons. The normalized spacial score (nSPS) is 24.1. The van der Waals surface area contributed by atoms with Crippen LogP contribution in [0.2, 0.25) is 0 Å². The minimum Gasteiger partial charge on any atom is -0.497 e. The van der Waals surface area contributed by atoms with E-state index in [0.29, 0.717) is 11.3 Å². The lowest BCUT2D eigenvalue weighted by molar-refractivity contribution is 0.0544. The molecule has 5 atom stereocenters. The summed E-state index contributed by atoms with van der Waals surface area (Å²) in [4.78, 5) is 28.3. The van der Waals surface area contributed by atoms with E-state index in [1.54, 1.807) is 7.11 Å². The molecule has 3 aromatic rings. The maximum Gasteiger partial charge on any atom is 0.166 e. The van der Waals surface area contributed by atoms with E-state index >= 15 is 0 Å². The summed E-state index contributed by atoms with van der Waals surface area (Å²) in [7, 11) is 1.62. The average molecular weight is 469 g/mol. The molecule has 0 unspecified atom stereocenters. The second-order valence-electron chi connectivity index (χ2n) is 10.4. The molecule has 182 valence electrons. The number of hydrogen-bond acceptors (Lipinski definition) is 3. The minimum absolute atomic E-state index is 0.0937. The van der Waals surface area contributed by atoms with Gasteiger partial charge in [0.25, 0.3) is 0 Å². The summed E-state index contributed by atoms with van der Waals surface area (Å²) in [5, 5.41) is 0. The van der Waals surface area contributed by atoms with Gasteiger partial charge in [-0.3, -0.25) is 9.59 Å². The van der Waals surface area contributed by atoms with Crippen LogP contribution in [0.15, 0.2) is 66.7 Å². The van der Waals surface area contributed by atoms with Crippen molar-refractivity contribution < 1.29 is 14.3 Å². The smallest absolute Gasteiger partial charge is 0.166 e. The molecule has 3 heteroatoms. The maximum atomic E-state index is 14.2. The molecule has 1 saturated carbocycles. The van der Waals surface area contributed by atoms with Gasteiger partial charge in [-0.25, -0.2) is 0 Å². The van der Waals surface area contributed by atoms with Gasteiger partial charge in [0.1, 0.15) is 5.75 Å². The lowest BCUT2D eigenvalue weighted by Crippen LogP contribution is -2.44. The molecule has 3 aromatic carbocycles. The van der Waals surface area contributed by atoms with Crippen LogP contribution in [0.5, 0.6) is 5.75 Å². The van der Waals surface area contributed by atoms with Crippen LogP contribution in [0, 0.1) is 44.4 Å². The molecule has 1 fully saturated rings. The van der Waals surface area contributed by atoms with E-state index in [9.17, 15) is 9.59 Å². The Morgan fingerprint density at radius 3 is 1.94 bits per heavy atom. The quantitative estimate of drug-likeness (QED) is 0.355. The third-order valence-corrected chi connectivity index (χ3v) is 8.01. The molecule has 0 spiro atoms. The Bertz CT molecular complexity index is 1240. The third-order valence-electron chi connectivity index (χ3n) is 8.01. The number of hydrogen-bond donors (Lipinski definition) is 0. The zero-order valence-corrected chi connectivity index (χ0v) is 21.7. The van der Waals surface area contributed by atoms with E-state index in [2.05, 4.69) is 45.9 Å².